The van der Waals surface area contributed by atoms with Crippen LogP contribution in [0.3, 0.4) is 0 Å². The second-order valence-corrected chi connectivity index (χ2v) is 6.28. The second kappa shape index (κ2) is 6.05. The third-order valence-corrected chi connectivity index (χ3v) is 4.91. The van der Waals surface area contributed by atoms with Crippen LogP contribution in [0, 0.1) is 28.0 Å². The zero-order valence-electron chi connectivity index (χ0n) is 13.9. The molecule has 3 aromatic rings. The molecule has 0 aliphatic heterocycles. The van der Waals surface area contributed by atoms with Gasteiger partial charge in [-0.3, -0.25) is 19.8 Å². The van der Waals surface area contributed by atoms with Crippen molar-refractivity contribution in [3.05, 3.63) is 87.3 Å². The van der Waals surface area contributed by atoms with Crippen LogP contribution < -0.4 is 0 Å². The van der Waals surface area contributed by atoms with Crippen molar-refractivity contribution in [2.45, 2.75) is 12.0 Å². The van der Waals surface area contributed by atoms with Crippen LogP contribution in [0.15, 0.2) is 54.6 Å². The Morgan fingerprint density at radius 3 is 2.59 bits per heavy atom. The Morgan fingerprint density at radius 2 is 1.89 bits per heavy atom. The van der Waals surface area contributed by atoms with Gasteiger partial charge in [0.05, 0.1) is 4.92 Å². The molecule has 0 aromatic heterocycles. The zero-order valence-corrected chi connectivity index (χ0v) is 13.9. The molecule has 0 fully saturated rings. The summed E-state index contributed by atoms with van der Waals surface area (Å²) in [7, 11) is 0. The molecule has 128 valence electrons. The predicted octanol–water partition coefficient (Wildman–Crippen LogP) is 4.51. The van der Waals surface area contributed by atoms with Gasteiger partial charge in [-0.1, -0.05) is 42.5 Å². The van der Waals surface area contributed by atoms with E-state index in [9.17, 15) is 20.2 Å². The molecule has 1 aliphatic rings. The normalized spacial score (nSPS) is 15.9. The number of nitro groups is 1. The van der Waals surface area contributed by atoms with Crippen molar-refractivity contribution in [2.24, 2.45) is 0 Å². The van der Waals surface area contributed by atoms with Crippen molar-refractivity contribution < 1.29 is 9.72 Å². The number of Topliss-reactive ketones (excluding diaryl/α,β-unsaturated/α-hetero) is 1. The number of carbonyl (C=O) groups is 1. The van der Waals surface area contributed by atoms with Gasteiger partial charge in [0, 0.05) is 17.7 Å². The number of hydrogen-bond acceptors (Lipinski definition) is 4. The smallest absolute Gasteiger partial charge is 0.296 e. The maximum Gasteiger partial charge on any atom is 0.321 e. The summed E-state index contributed by atoms with van der Waals surface area (Å²) in [6.45, 7) is 7.24. The minimum atomic E-state index is -1.07. The number of carbonyl (C=O) groups excluding carboxylic acids is 1. The van der Waals surface area contributed by atoms with E-state index >= 15 is 0 Å². The molecule has 0 heterocycles. The number of ketones is 1. The fraction of sp³-hybridized carbons (Fsp3) is 0.0952. The Labute approximate surface area is 154 Å². The molecule has 0 saturated heterocycles. The fourth-order valence-electron chi connectivity index (χ4n) is 3.74. The lowest BCUT2D eigenvalue weighted by molar-refractivity contribution is -0.384. The largest absolute Gasteiger partial charge is 0.321 e. The van der Waals surface area contributed by atoms with Gasteiger partial charge < -0.3 is 0 Å². The average Bonchev–Trinajstić information content (AvgIpc) is 2.97. The van der Waals surface area contributed by atoms with Crippen molar-refractivity contribution in [2.75, 3.05) is 0 Å². The molecule has 0 spiro atoms. The van der Waals surface area contributed by atoms with E-state index in [1.54, 1.807) is 36.4 Å². The molecule has 2 atom stereocenters. The van der Waals surface area contributed by atoms with Gasteiger partial charge in [-0.15, -0.1) is 0 Å². The van der Waals surface area contributed by atoms with Crippen LogP contribution in [-0.4, -0.2) is 16.7 Å². The van der Waals surface area contributed by atoms with E-state index in [-0.39, 0.29) is 11.5 Å². The highest BCUT2D eigenvalue weighted by Gasteiger charge is 2.42. The Balaban J connectivity index is 1.98. The minimum Gasteiger partial charge on any atom is -0.296 e. The summed E-state index contributed by atoms with van der Waals surface area (Å²) < 4.78 is 0. The molecule has 0 bridgehead atoms. The third kappa shape index (κ3) is 2.36. The lowest BCUT2D eigenvalue weighted by Crippen LogP contribution is -2.18. The van der Waals surface area contributed by atoms with E-state index < -0.39 is 16.9 Å². The summed E-state index contributed by atoms with van der Waals surface area (Å²) in [5.41, 5.74) is 2.59. The summed E-state index contributed by atoms with van der Waals surface area (Å²) in [5, 5.41) is 21.9. The first-order chi connectivity index (χ1) is 13.1. The molecule has 1 aliphatic carbocycles. The van der Waals surface area contributed by atoms with Gasteiger partial charge in [-0.25, -0.2) is 6.57 Å². The fourth-order valence-corrected chi connectivity index (χ4v) is 3.74. The average molecular weight is 353 g/mol. The van der Waals surface area contributed by atoms with Crippen molar-refractivity contribution in [1.29, 1.82) is 5.26 Å². The molecule has 4 rings (SSSR count). The van der Waals surface area contributed by atoms with Crippen LogP contribution in [0.1, 0.15) is 21.8 Å². The molecule has 0 saturated carbocycles. The number of hydrogen-bond donors (Lipinski definition) is 0. The van der Waals surface area contributed by atoms with Crippen LogP contribution in [0.25, 0.3) is 26.7 Å². The number of nitriles is 1. The summed E-state index contributed by atoms with van der Waals surface area (Å²) in [4.78, 5) is 26.8. The highest BCUT2D eigenvalue weighted by Crippen LogP contribution is 2.44. The van der Waals surface area contributed by atoms with E-state index in [2.05, 4.69) is 4.85 Å². The molecular formula is C21H11N3O3. The van der Waals surface area contributed by atoms with E-state index in [0.717, 1.165) is 16.3 Å². The summed E-state index contributed by atoms with van der Waals surface area (Å²) >= 11 is 0. The molecule has 0 amide bonds. The van der Waals surface area contributed by atoms with Crippen LogP contribution in [0.5, 0.6) is 0 Å². The number of nitro benzene ring substituents is 1. The summed E-state index contributed by atoms with van der Waals surface area (Å²) in [5.74, 6) is -1.03. The third-order valence-electron chi connectivity index (χ3n) is 4.91. The van der Waals surface area contributed by atoms with Crippen molar-refractivity contribution in [3.63, 3.8) is 0 Å². The maximum atomic E-state index is 12.8. The van der Waals surface area contributed by atoms with Gasteiger partial charge in [0.15, 0.2) is 11.9 Å². The van der Waals surface area contributed by atoms with E-state index in [1.165, 1.54) is 12.1 Å². The van der Waals surface area contributed by atoms with Crippen molar-refractivity contribution in [3.8, 4) is 17.2 Å². The minimum absolute atomic E-state index is 0.0118. The standard InChI is InChI=1S/C21H11N3O3/c1-23-18(11-22)20-16-7-3-6-15-14(8-9-17(19(15)16)21(20)25)12-4-2-5-13(10-12)24(26)27/h2-10,18,20H. The lowest BCUT2D eigenvalue weighted by Gasteiger charge is -2.09. The lowest BCUT2D eigenvalue weighted by atomic mass is 9.92. The van der Waals surface area contributed by atoms with E-state index in [4.69, 9.17) is 6.57 Å². The number of rotatable bonds is 3. The van der Waals surface area contributed by atoms with Crippen molar-refractivity contribution >= 4 is 22.2 Å². The number of nitrogens with zero attached hydrogens (tertiary/aromatic N) is 3. The topological polar surface area (TPSA) is 88.4 Å². The number of non-ortho nitro benzene ring substituents is 1. The van der Waals surface area contributed by atoms with Crippen LogP contribution in [-0.2, 0) is 0 Å². The Kier molecular flexibility index (Phi) is 3.68. The summed E-state index contributed by atoms with van der Waals surface area (Å²) in [6.07, 6.45) is 0. The van der Waals surface area contributed by atoms with Gasteiger partial charge in [0.2, 0.25) is 0 Å². The maximum absolute atomic E-state index is 12.8. The van der Waals surface area contributed by atoms with Gasteiger partial charge in [-0.2, -0.15) is 5.26 Å². The zero-order chi connectivity index (χ0) is 19.1. The first kappa shape index (κ1) is 16.4. The molecule has 2 unspecified atom stereocenters. The second-order valence-electron chi connectivity index (χ2n) is 6.28. The molecule has 6 nitrogen and oxygen atoms in total. The predicted molar refractivity (Wildman–Crippen MR) is 99.1 cm³/mol. The van der Waals surface area contributed by atoms with Gasteiger partial charge in [0.1, 0.15) is 5.92 Å². The van der Waals surface area contributed by atoms with E-state index in [1.807, 2.05) is 12.1 Å². The Morgan fingerprint density at radius 1 is 1.15 bits per heavy atom. The van der Waals surface area contributed by atoms with Crippen LogP contribution in [0.2, 0.25) is 0 Å². The SMILES string of the molecule is [C-]#[N+]C(C#N)C1C(=O)c2ccc(-c3cccc([N+](=O)[O-])c3)c3cccc1c23. The van der Waals surface area contributed by atoms with Gasteiger partial charge >= 0.3 is 6.04 Å². The molecule has 0 N–H and O–H groups in total. The molecular weight excluding hydrogens is 342 g/mol. The highest BCUT2D eigenvalue weighted by atomic mass is 16.6. The molecule has 3 aromatic carbocycles. The first-order valence-electron chi connectivity index (χ1n) is 8.17. The summed E-state index contributed by atoms with van der Waals surface area (Å²) in [6, 6.07) is 16.0. The number of benzene rings is 3. The highest BCUT2D eigenvalue weighted by molar-refractivity contribution is 6.21. The Hall–Kier alpha value is -4.03. The van der Waals surface area contributed by atoms with Crippen molar-refractivity contribution in [1.82, 2.24) is 0 Å². The molecule has 6 heteroatoms. The quantitative estimate of drug-likeness (QED) is 0.394. The molecule has 27 heavy (non-hydrogen) atoms. The van der Waals surface area contributed by atoms with E-state index in [0.29, 0.717) is 16.7 Å². The molecule has 0 radical (unpaired) electrons. The van der Waals surface area contributed by atoms with Crippen LogP contribution >= 0.6 is 0 Å². The Bertz CT molecular complexity index is 1200. The van der Waals surface area contributed by atoms with Crippen LogP contribution in [0.4, 0.5) is 5.69 Å². The first-order valence-corrected chi connectivity index (χ1v) is 8.17. The van der Waals surface area contributed by atoms with Gasteiger partial charge in [0.25, 0.3) is 5.69 Å². The van der Waals surface area contributed by atoms with Gasteiger partial charge in [-0.05, 0) is 27.5 Å². The monoisotopic (exact) mass is 353 g/mol.